The van der Waals surface area contributed by atoms with E-state index in [0.717, 1.165) is 12.1 Å². The quantitative estimate of drug-likeness (QED) is 0.492. The van der Waals surface area contributed by atoms with Gasteiger partial charge in [0.15, 0.2) is 0 Å². The maximum atomic E-state index is 13.0. The molecule has 0 saturated heterocycles. The van der Waals surface area contributed by atoms with Gasteiger partial charge in [-0.05, 0) is 29.8 Å². The summed E-state index contributed by atoms with van der Waals surface area (Å²) in [6.07, 6.45) is 0. The van der Waals surface area contributed by atoms with Gasteiger partial charge in [0.05, 0.1) is 7.11 Å². The van der Waals surface area contributed by atoms with Crippen LogP contribution in [-0.2, 0) is 0 Å². The average Bonchev–Trinajstić information content (AvgIpc) is 2.17. The van der Waals surface area contributed by atoms with Gasteiger partial charge in [-0.15, -0.1) is 0 Å². The maximum Gasteiger partial charge on any atom is 0.342 e. The Hall–Kier alpha value is -0.980. The van der Waals surface area contributed by atoms with Crippen molar-refractivity contribution in [3.8, 4) is 5.75 Å². The van der Waals surface area contributed by atoms with Crippen LogP contribution < -0.4 is 16.0 Å². The molecule has 0 aliphatic carbocycles. The van der Waals surface area contributed by atoms with E-state index in [1.165, 1.54) is 13.2 Å². The van der Waals surface area contributed by atoms with E-state index >= 15 is 0 Å². The molecule has 3 N–H and O–H groups in total. The lowest BCUT2D eigenvalue weighted by atomic mass is 10.1. The highest BCUT2D eigenvalue weighted by molar-refractivity contribution is 6.22. The van der Waals surface area contributed by atoms with Gasteiger partial charge in [0, 0.05) is 5.56 Å². The third-order valence-electron chi connectivity index (χ3n) is 2.00. The molecule has 1 aromatic rings. The summed E-state index contributed by atoms with van der Waals surface area (Å²) in [6, 6.07) is 1.46. The number of ether oxygens (including phenoxy) is 1. The smallest absolute Gasteiger partial charge is 0.342 e. The van der Waals surface area contributed by atoms with Gasteiger partial charge in [-0.2, -0.15) is 8.78 Å². The van der Waals surface area contributed by atoms with E-state index in [4.69, 9.17) is 22.2 Å². The van der Waals surface area contributed by atoms with Crippen molar-refractivity contribution in [1.29, 1.82) is 0 Å². The summed E-state index contributed by atoms with van der Waals surface area (Å²) in [5.74, 6) is 4.36. The topological polar surface area (TPSA) is 47.3 Å². The predicted octanol–water partition coefficient (Wildman–Crippen LogP) is 2.17. The summed E-state index contributed by atoms with van der Waals surface area (Å²) >= 11 is 4.86. The summed E-state index contributed by atoms with van der Waals surface area (Å²) in [6.45, 7) is 0. The van der Waals surface area contributed by atoms with E-state index in [1.807, 2.05) is 5.43 Å². The number of hydrazine groups is 1. The fraction of sp³-hybridized carbons (Fsp3) is 0.333. The minimum absolute atomic E-state index is 0.0738. The molecule has 0 aromatic heterocycles. The van der Waals surface area contributed by atoms with Crippen molar-refractivity contribution in [2.45, 2.75) is 11.4 Å². The van der Waals surface area contributed by atoms with Crippen LogP contribution in [0.15, 0.2) is 18.2 Å². The summed E-state index contributed by atoms with van der Waals surface area (Å²) < 4.78 is 43.7. The number of benzene rings is 1. The zero-order chi connectivity index (χ0) is 12.3. The van der Waals surface area contributed by atoms with Crippen LogP contribution in [0.25, 0.3) is 0 Å². The highest BCUT2D eigenvalue weighted by Gasteiger charge is 2.39. The second kappa shape index (κ2) is 4.90. The molecule has 90 valence electrons. The van der Waals surface area contributed by atoms with Crippen LogP contribution >= 0.6 is 11.6 Å². The Kier molecular flexibility index (Phi) is 4.01. The largest absolute Gasteiger partial charge is 0.496 e. The third kappa shape index (κ3) is 2.78. The Morgan fingerprint density at radius 1 is 1.50 bits per heavy atom. The molecule has 16 heavy (non-hydrogen) atoms. The molecule has 1 rings (SSSR count). The molecular weight excluding hydrogens is 245 g/mol. The third-order valence-corrected chi connectivity index (χ3v) is 2.21. The van der Waals surface area contributed by atoms with Crippen LogP contribution in [0.3, 0.4) is 0 Å². The van der Waals surface area contributed by atoms with Crippen LogP contribution in [0.2, 0.25) is 0 Å². The lowest BCUT2D eigenvalue weighted by molar-refractivity contribution is 0.0486. The van der Waals surface area contributed by atoms with Crippen LogP contribution in [0.1, 0.15) is 11.6 Å². The molecule has 1 unspecified atom stereocenters. The highest BCUT2D eigenvalue weighted by Crippen LogP contribution is 2.38. The first kappa shape index (κ1) is 13.1. The number of rotatable bonds is 4. The summed E-state index contributed by atoms with van der Waals surface area (Å²) in [7, 11) is 1.27. The predicted molar refractivity (Wildman–Crippen MR) is 53.8 cm³/mol. The number of nitrogens with two attached hydrogens (primary N) is 1. The summed E-state index contributed by atoms with van der Waals surface area (Å²) in [5.41, 5.74) is 1.68. The van der Waals surface area contributed by atoms with Crippen LogP contribution in [-0.4, -0.2) is 12.5 Å². The molecule has 7 heteroatoms. The van der Waals surface area contributed by atoms with Gasteiger partial charge in [0.1, 0.15) is 17.6 Å². The first-order chi connectivity index (χ1) is 7.40. The Bertz CT molecular complexity index is 370. The normalized spacial score (nSPS) is 13.6. The van der Waals surface area contributed by atoms with E-state index < -0.39 is 17.2 Å². The fourth-order valence-electron chi connectivity index (χ4n) is 1.29. The second-order valence-corrected chi connectivity index (χ2v) is 3.53. The molecule has 0 spiro atoms. The molecule has 0 radical (unpaired) electrons. The van der Waals surface area contributed by atoms with Gasteiger partial charge in [-0.1, -0.05) is 0 Å². The Morgan fingerprint density at radius 2 is 2.12 bits per heavy atom. The summed E-state index contributed by atoms with van der Waals surface area (Å²) in [4.78, 5) is 0. The Morgan fingerprint density at radius 3 is 2.56 bits per heavy atom. The Labute approximate surface area is 95.3 Å². The molecule has 0 bridgehead atoms. The van der Waals surface area contributed by atoms with Crippen molar-refractivity contribution in [2.75, 3.05) is 7.11 Å². The van der Waals surface area contributed by atoms with Crippen molar-refractivity contribution in [3.63, 3.8) is 0 Å². The fourth-order valence-corrected chi connectivity index (χ4v) is 1.47. The van der Waals surface area contributed by atoms with E-state index in [-0.39, 0.29) is 11.3 Å². The number of alkyl halides is 3. The number of methoxy groups -OCH3 is 1. The Balaban J connectivity index is 3.23. The molecule has 0 fully saturated rings. The van der Waals surface area contributed by atoms with E-state index in [1.54, 1.807) is 0 Å². The average molecular weight is 255 g/mol. The van der Waals surface area contributed by atoms with E-state index in [0.29, 0.717) is 0 Å². The van der Waals surface area contributed by atoms with Gasteiger partial charge < -0.3 is 4.74 Å². The monoisotopic (exact) mass is 254 g/mol. The van der Waals surface area contributed by atoms with Crippen LogP contribution in [0, 0.1) is 5.82 Å². The van der Waals surface area contributed by atoms with Crippen molar-refractivity contribution in [3.05, 3.63) is 29.6 Å². The van der Waals surface area contributed by atoms with Crippen molar-refractivity contribution in [1.82, 2.24) is 5.43 Å². The molecule has 0 heterocycles. The number of nitrogens with one attached hydrogen (secondary N) is 1. The molecule has 1 atom stereocenters. The highest BCUT2D eigenvalue weighted by atomic mass is 35.5. The zero-order valence-electron chi connectivity index (χ0n) is 8.31. The number of hydrogen-bond donors (Lipinski definition) is 2. The van der Waals surface area contributed by atoms with Crippen molar-refractivity contribution >= 4 is 11.6 Å². The molecule has 0 saturated carbocycles. The van der Waals surface area contributed by atoms with Gasteiger partial charge in [-0.3, -0.25) is 5.84 Å². The number of hydrogen-bond acceptors (Lipinski definition) is 3. The maximum absolute atomic E-state index is 13.0. The first-order valence-corrected chi connectivity index (χ1v) is 4.64. The van der Waals surface area contributed by atoms with Crippen molar-refractivity contribution < 1.29 is 17.9 Å². The van der Waals surface area contributed by atoms with Crippen LogP contribution in [0.5, 0.6) is 5.75 Å². The molecule has 1 aromatic carbocycles. The minimum Gasteiger partial charge on any atom is -0.496 e. The molecule has 0 amide bonds. The van der Waals surface area contributed by atoms with Gasteiger partial charge >= 0.3 is 5.38 Å². The molecule has 0 aliphatic rings. The second-order valence-electron chi connectivity index (χ2n) is 3.03. The minimum atomic E-state index is -3.66. The molecule has 3 nitrogen and oxygen atoms in total. The SMILES string of the molecule is COc1ccc(F)cc1C(NN)C(F)(F)Cl. The lowest BCUT2D eigenvalue weighted by Crippen LogP contribution is -2.38. The van der Waals surface area contributed by atoms with E-state index in [2.05, 4.69) is 0 Å². The molecular formula is C9H10ClF3N2O. The van der Waals surface area contributed by atoms with Crippen LogP contribution in [0.4, 0.5) is 13.2 Å². The molecule has 0 aliphatic heterocycles. The number of halogens is 4. The van der Waals surface area contributed by atoms with E-state index in [9.17, 15) is 13.2 Å². The van der Waals surface area contributed by atoms with Gasteiger partial charge in [0.2, 0.25) is 0 Å². The van der Waals surface area contributed by atoms with Gasteiger partial charge in [-0.25, -0.2) is 9.82 Å². The standard InChI is InChI=1S/C9H10ClF3N2O/c1-16-7-3-2-5(11)4-6(7)8(15-14)9(10,12)13/h2-4,8,15H,14H2,1H3. The lowest BCUT2D eigenvalue weighted by Gasteiger charge is -2.22. The van der Waals surface area contributed by atoms with Crippen molar-refractivity contribution in [2.24, 2.45) is 5.84 Å². The first-order valence-electron chi connectivity index (χ1n) is 4.26. The van der Waals surface area contributed by atoms with Gasteiger partial charge in [0.25, 0.3) is 0 Å². The zero-order valence-corrected chi connectivity index (χ0v) is 9.06. The summed E-state index contributed by atoms with van der Waals surface area (Å²) in [5, 5.41) is -3.66.